The minimum Gasteiger partial charge on any atom is -0.480 e. The third-order valence-electron chi connectivity index (χ3n) is 4.24. The number of aromatic nitrogens is 2. The summed E-state index contributed by atoms with van der Waals surface area (Å²) in [5.41, 5.74) is 1.78. The first-order chi connectivity index (χ1) is 10.0. The zero-order chi connectivity index (χ0) is 15.4. The zero-order valence-corrected chi connectivity index (χ0v) is 13.5. The highest BCUT2D eigenvalue weighted by Gasteiger charge is 2.23. The highest BCUT2D eigenvalue weighted by Crippen LogP contribution is 2.22. The molecule has 1 aliphatic heterocycles. The molecule has 1 fully saturated rings. The van der Waals surface area contributed by atoms with E-state index >= 15 is 0 Å². The molecule has 1 aromatic rings. The Balaban J connectivity index is 1.83. The van der Waals surface area contributed by atoms with Gasteiger partial charge in [-0.3, -0.25) is 9.48 Å². The first-order valence-corrected chi connectivity index (χ1v) is 7.58. The molecule has 0 bridgehead atoms. The van der Waals surface area contributed by atoms with Gasteiger partial charge >= 0.3 is 0 Å². The van der Waals surface area contributed by atoms with Gasteiger partial charge in [-0.1, -0.05) is 0 Å². The molecule has 1 aliphatic rings. The van der Waals surface area contributed by atoms with Crippen LogP contribution in [0.25, 0.3) is 0 Å². The van der Waals surface area contributed by atoms with Gasteiger partial charge in [0, 0.05) is 20.1 Å². The highest BCUT2D eigenvalue weighted by atomic mass is 16.5. The van der Waals surface area contributed by atoms with Crippen molar-refractivity contribution < 1.29 is 9.53 Å². The Kier molecular flexibility index (Phi) is 5.22. The van der Waals surface area contributed by atoms with Crippen LogP contribution in [0.15, 0.2) is 0 Å². The second-order valence-corrected chi connectivity index (χ2v) is 5.79. The summed E-state index contributed by atoms with van der Waals surface area (Å²) < 4.78 is 7.47. The normalized spacial score (nSPS) is 16.3. The third-order valence-corrected chi connectivity index (χ3v) is 4.24. The van der Waals surface area contributed by atoms with E-state index in [1.807, 2.05) is 32.8 Å². The second kappa shape index (κ2) is 6.93. The summed E-state index contributed by atoms with van der Waals surface area (Å²) in [6.07, 6.45) is 2.13. The van der Waals surface area contributed by atoms with Crippen molar-refractivity contribution in [2.75, 3.05) is 33.3 Å². The van der Waals surface area contributed by atoms with E-state index in [9.17, 15) is 4.79 Å². The van der Waals surface area contributed by atoms with Crippen LogP contribution in [0.2, 0.25) is 0 Å². The number of carbonyl (C=O) groups excluding carboxylic acids is 1. The maximum atomic E-state index is 12.2. The van der Waals surface area contributed by atoms with Crippen molar-refractivity contribution in [2.24, 2.45) is 13.0 Å². The molecule has 1 aromatic heterocycles. The summed E-state index contributed by atoms with van der Waals surface area (Å²) in [7, 11) is 3.85. The first-order valence-electron chi connectivity index (χ1n) is 7.58. The van der Waals surface area contributed by atoms with Gasteiger partial charge in [-0.05, 0) is 46.2 Å². The molecule has 0 radical (unpaired) electrons. The predicted octanol–water partition coefficient (Wildman–Crippen LogP) is 0.874. The van der Waals surface area contributed by atoms with Crippen LogP contribution in [-0.2, 0) is 11.8 Å². The number of rotatable bonds is 5. The molecule has 0 aromatic carbocycles. The molecule has 0 unspecified atom stereocenters. The Hall–Kier alpha value is -1.56. The van der Waals surface area contributed by atoms with Crippen molar-refractivity contribution in [3.8, 4) is 5.75 Å². The molecule has 6 nitrogen and oxygen atoms in total. The molecule has 0 atom stereocenters. The summed E-state index contributed by atoms with van der Waals surface area (Å²) in [6, 6.07) is 0. The van der Waals surface area contributed by atoms with E-state index in [0.717, 1.165) is 49.6 Å². The third kappa shape index (κ3) is 3.75. The van der Waals surface area contributed by atoms with E-state index in [-0.39, 0.29) is 12.5 Å². The molecule has 0 aliphatic carbocycles. The van der Waals surface area contributed by atoms with Crippen molar-refractivity contribution in [3.05, 3.63) is 11.4 Å². The van der Waals surface area contributed by atoms with E-state index in [2.05, 4.69) is 10.4 Å². The van der Waals surface area contributed by atoms with Gasteiger partial charge in [0.25, 0.3) is 5.91 Å². The molecule has 1 amide bonds. The van der Waals surface area contributed by atoms with Gasteiger partial charge in [-0.15, -0.1) is 0 Å². The Morgan fingerprint density at radius 3 is 2.57 bits per heavy atom. The fourth-order valence-electron chi connectivity index (χ4n) is 2.86. The van der Waals surface area contributed by atoms with E-state index < -0.39 is 0 Å². The lowest BCUT2D eigenvalue weighted by molar-refractivity contribution is -0.134. The summed E-state index contributed by atoms with van der Waals surface area (Å²) in [6.45, 7) is 6.65. The smallest absolute Gasteiger partial charge is 0.260 e. The van der Waals surface area contributed by atoms with Crippen molar-refractivity contribution in [1.82, 2.24) is 20.0 Å². The minimum atomic E-state index is 0.0700. The van der Waals surface area contributed by atoms with Crippen LogP contribution >= 0.6 is 0 Å². The lowest BCUT2D eigenvalue weighted by atomic mass is 9.97. The summed E-state index contributed by atoms with van der Waals surface area (Å²) in [5, 5.41) is 7.50. The second-order valence-electron chi connectivity index (χ2n) is 5.79. The van der Waals surface area contributed by atoms with Crippen LogP contribution in [0.1, 0.15) is 24.2 Å². The lowest BCUT2D eigenvalue weighted by Crippen LogP contribution is -2.42. The molecule has 2 rings (SSSR count). The number of piperidine rings is 1. The van der Waals surface area contributed by atoms with E-state index in [1.165, 1.54) is 0 Å². The molecule has 1 N–H and O–H groups in total. The molecule has 6 heteroatoms. The van der Waals surface area contributed by atoms with Gasteiger partial charge in [0.15, 0.2) is 12.4 Å². The van der Waals surface area contributed by atoms with E-state index in [1.54, 1.807) is 4.68 Å². The molecule has 0 spiro atoms. The molecule has 2 heterocycles. The topological polar surface area (TPSA) is 59.4 Å². The predicted molar refractivity (Wildman–Crippen MR) is 81.4 cm³/mol. The van der Waals surface area contributed by atoms with E-state index in [4.69, 9.17) is 4.74 Å². The number of ether oxygens (including phenoxy) is 1. The van der Waals surface area contributed by atoms with Crippen molar-refractivity contribution in [2.45, 2.75) is 26.7 Å². The van der Waals surface area contributed by atoms with Gasteiger partial charge in [0.05, 0.1) is 5.69 Å². The minimum absolute atomic E-state index is 0.0700. The quantitative estimate of drug-likeness (QED) is 0.875. The Bertz CT molecular complexity index is 490. The van der Waals surface area contributed by atoms with Crippen LogP contribution in [0, 0.1) is 19.8 Å². The van der Waals surface area contributed by atoms with Crippen LogP contribution < -0.4 is 10.1 Å². The standard InChI is InChI=1S/C15H26N4O2/c1-11-15(12(2)18(4)17-11)21-10-14(20)19-7-5-13(6-8-19)9-16-3/h13,16H,5-10H2,1-4H3. The number of nitrogens with zero attached hydrogens (tertiary/aromatic N) is 3. The largest absolute Gasteiger partial charge is 0.480 e. The Morgan fingerprint density at radius 2 is 2.05 bits per heavy atom. The average molecular weight is 294 g/mol. The summed E-state index contributed by atoms with van der Waals surface area (Å²) in [5.74, 6) is 1.49. The first kappa shape index (κ1) is 15.8. The molecule has 0 saturated carbocycles. The van der Waals surface area contributed by atoms with Gasteiger partial charge in [-0.2, -0.15) is 5.10 Å². The lowest BCUT2D eigenvalue weighted by Gasteiger charge is -2.31. The van der Waals surface area contributed by atoms with Gasteiger partial charge in [0.1, 0.15) is 5.69 Å². The van der Waals surface area contributed by atoms with Crippen LogP contribution in [0.3, 0.4) is 0 Å². The number of likely N-dealkylation sites (tertiary alicyclic amines) is 1. The summed E-state index contributed by atoms with van der Waals surface area (Å²) in [4.78, 5) is 14.1. The molecule has 1 saturated heterocycles. The van der Waals surface area contributed by atoms with Crippen LogP contribution in [0.4, 0.5) is 0 Å². The maximum absolute atomic E-state index is 12.2. The number of carbonyl (C=O) groups is 1. The average Bonchev–Trinajstić information content (AvgIpc) is 2.71. The monoisotopic (exact) mass is 294 g/mol. The Labute approximate surface area is 126 Å². The molecule has 21 heavy (non-hydrogen) atoms. The van der Waals surface area contributed by atoms with Crippen molar-refractivity contribution in [3.63, 3.8) is 0 Å². The number of hydrogen-bond acceptors (Lipinski definition) is 4. The van der Waals surface area contributed by atoms with Crippen LogP contribution in [0.5, 0.6) is 5.75 Å². The molecular weight excluding hydrogens is 268 g/mol. The van der Waals surface area contributed by atoms with Crippen molar-refractivity contribution in [1.29, 1.82) is 0 Å². The molecule has 118 valence electrons. The van der Waals surface area contributed by atoms with Crippen LogP contribution in [-0.4, -0.2) is 53.9 Å². The SMILES string of the molecule is CNCC1CCN(C(=O)COc2c(C)nn(C)c2C)CC1. The Morgan fingerprint density at radius 1 is 1.38 bits per heavy atom. The summed E-state index contributed by atoms with van der Waals surface area (Å²) >= 11 is 0. The number of hydrogen-bond donors (Lipinski definition) is 1. The maximum Gasteiger partial charge on any atom is 0.260 e. The number of nitrogens with one attached hydrogen (secondary N) is 1. The van der Waals surface area contributed by atoms with E-state index in [0.29, 0.717) is 5.92 Å². The van der Waals surface area contributed by atoms with Crippen molar-refractivity contribution >= 4 is 5.91 Å². The fraction of sp³-hybridized carbons (Fsp3) is 0.733. The van der Waals surface area contributed by atoms with Gasteiger partial charge < -0.3 is 15.0 Å². The van der Waals surface area contributed by atoms with Gasteiger partial charge in [0.2, 0.25) is 0 Å². The fourth-order valence-corrected chi connectivity index (χ4v) is 2.86. The zero-order valence-electron chi connectivity index (χ0n) is 13.5. The van der Waals surface area contributed by atoms with Gasteiger partial charge in [-0.25, -0.2) is 0 Å². The molecular formula is C15H26N4O2. The number of aryl methyl sites for hydroxylation is 2. The highest BCUT2D eigenvalue weighted by molar-refractivity contribution is 5.77. The number of amides is 1.